The van der Waals surface area contributed by atoms with Gasteiger partial charge in [0.15, 0.2) is 11.6 Å². The van der Waals surface area contributed by atoms with E-state index in [0.29, 0.717) is 6.42 Å². The Bertz CT molecular complexity index is 515. The van der Waals surface area contributed by atoms with Gasteiger partial charge in [-0.05, 0) is 19.3 Å². The topological polar surface area (TPSA) is 64.4 Å². The Labute approximate surface area is 107 Å². The molecule has 0 aliphatic carbocycles. The van der Waals surface area contributed by atoms with Gasteiger partial charge in [0.1, 0.15) is 5.69 Å². The Balaban J connectivity index is 1.83. The van der Waals surface area contributed by atoms with Gasteiger partial charge in [0.05, 0.1) is 35.3 Å². The Hall–Kier alpha value is -1.76. The summed E-state index contributed by atoms with van der Waals surface area (Å²) in [5.41, 5.74) is -0.906. The van der Waals surface area contributed by atoms with Crippen LogP contribution in [0.25, 0.3) is 0 Å². The molecule has 2 aliphatic rings. The number of fused-ring (bicyclic) bond motifs is 2. The molecule has 2 heterocycles. The molecule has 2 saturated heterocycles. The molecular formula is C12H12F2N2O3. The summed E-state index contributed by atoms with van der Waals surface area (Å²) in [4.78, 5) is 9.67. The summed E-state index contributed by atoms with van der Waals surface area (Å²) in [5, 5.41) is 13.3. The maximum atomic E-state index is 13.7. The van der Waals surface area contributed by atoms with Crippen molar-refractivity contribution in [3.8, 4) is 0 Å². The first-order valence-electron chi connectivity index (χ1n) is 6.10. The summed E-state index contributed by atoms with van der Waals surface area (Å²) in [7, 11) is 0. The highest BCUT2D eigenvalue weighted by atomic mass is 19.1. The van der Waals surface area contributed by atoms with Gasteiger partial charge in [-0.25, -0.2) is 8.78 Å². The van der Waals surface area contributed by atoms with Gasteiger partial charge < -0.3 is 10.1 Å². The van der Waals surface area contributed by atoms with Gasteiger partial charge in [0, 0.05) is 0 Å². The smallest absolute Gasteiger partial charge is 0.275 e. The summed E-state index contributed by atoms with van der Waals surface area (Å²) in [5.74, 6) is -1.90. The maximum absolute atomic E-state index is 13.7. The van der Waals surface area contributed by atoms with E-state index in [9.17, 15) is 18.9 Å². The summed E-state index contributed by atoms with van der Waals surface area (Å²) in [6, 6.07) is 1.31. The van der Waals surface area contributed by atoms with Crippen molar-refractivity contribution in [1.29, 1.82) is 0 Å². The predicted octanol–water partition coefficient (Wildman–Crippen LogP) is 2.60. The average molecular weight is 270 g/mol. The van der Waals surface area contributed by atoms with Crippen molar-refractivity contribution in [3.05, 3.63) is 33.9 Å². The lowest BCUT2D eigenvalue weighted by atomic mass is 9.95. The first-order valence-corrected chi connectivity index (χ1v) is 6.10. The fourth-order valence-electron chi connectivity index (χ4n) is 2.78. The highest BCUT2D eigenvalue weighted by molar-refractivity contribution is 5.52. The Morgan fingerprint density at radius 2 is 2.00 bits per heavy atom. The third-order valence-corrected chi connectivity index (χ3v) is 3.67. The minimum atomic E-state index is -0.950. The minimum Gasteiger partial charge on any atom is -0.375 e. The van der Waals surface area contributed by atoms with Crippen LogP contribution in [0.1, 0.15) is 19.3 Å². The summed E-state index contributed by atoms with van der Waals surface area (Å²) < 4.78 is 33.0. The van der Waals surface area contributed by atoms with Crippen molar-refractivity contribution < 1.29 is 18.4 Å². The van der Waals surface area contributed by atoms with E-state index in [4.69, 9.17) is 4.74 Å². The first-order chi connectivity index (χ1) is 9.04. The van der Waals surface area contributed by atoms with Crippen LogP contribution < -0.4 is 5.32 Å². The number of nitrogens with zero attached hydrogens (tertiary/aromatic N) is 1. The monoisotopic (exact) mass is 270 g/mol. The Kier molecular flexibility index (Phi) is 2.85. The molecule has 102 valence electrons. The quantitative estimate of drug-likeness (QED) is 0.677. The van der Waals surface area contributed by atoms with Gasteiger partial charge in [-0.1, -0.05) is 0 Å². The second-order valence-corrected chi connectivity index (χ2v) is 4.90. The fourth-order valence-corrected chi connectivity index (χ4v) is 2.78. The SMILES string of the molecule is O=[N+]([O-])c1cc(F)c(N[C@@H]2C[C@H]3CC[C@@H]2O3)c(F)c1. The van der Waals surface area contributed by atoms with Gasteiger partial charge in [0.25, 0.3) is 5.69 Å². The van der Waals surface area contributed by atoms with E-state index in [0.717, 1.165) is 25.0 Å². The molecule has 0 spiro atoms. The van der Waals surface area contributed by atoms with Crippen LogP contribution in [0.2, 0.25) is 0 Å². The number of nitro groups is 1. The number of hydrogen-bond donors (Lipinski definition) is 1. The van der Waals surface area contributed by atoms with Gasteiger partial charge in [-0.3, -0.25) is 10.1 Å². The van der Waals surface area contributed by atoms with Gasteiger partial charge in [0.2, 0.25) is 0 Å². The zero-order chi connectivity index (χ0) is 13.6. The molecule has 3 atom stereocenters. The highest BCUT2D eigenvalue weighted by Crippen LogP contribution is 2.37. The van der Waals surface area contributed by atoms with Gasteiger partial charge in [-0.2, -0.15) is 0 Å². The van der Waals surface area contributed by atoms with Crippen LogP contribution in [-0.4, -0.2) is 23.2 Å². The Morgan fingerprint density at radius 1 is 1.32 bits per heavy atom. The van der Waals surface area contributed by atoms with Crippen molar-refractivity contribution >= 4 is 11.4 Å². The van der Waals surface area contributed by atoms with Crippen LogP contribution in [0.4, 0.5) is 20.2 Å². The van der Waals surface area contributed by atoms with E-state index >= 15 is 0 Å². The van der Waals surface area contributed by atoms with Crippen LogP contribution in [-0.2, 0) is 4.74 Å². The number of non-ortho nitro benzene ring substituents is 1. The van der Waals surface area contributed by atoms with Crippen LogP contribution in [0.15, 0.2) is 12.1 Å². The van der Waals surface area contributed by atoms with E-state index in [1.807, 2.05) is 0 Å². The van der Waals surface area contributed by atoms with Crippen molar-refractivity contribution in [1.82, 2.24) is 0 Å². The molecule has 0 amide bonds. The molecule has 0 unspecified atom stereocenters. The molecule has 3 rings (SSSR count). The molecule has 2 fully saturated rings. The van der Waals surface area contributed by atoms with Crippen molar-refractivity contribution in [2.75, 3.05) is 5.32 Å². The van der Waals surface area contributed by atoms with Crippen LogP contribution in [0.5, 0.6) is 0 Å². The number of nitrogens with one attached hydrogen (secondary N) is 1. The molecule has 1 aromatic carbocycles. The molecule has 2 aliphatic heterocycles. The molecule has 5 nitrogen and oxygen atoms in total. The number of halogens is 2. The van der Waals surface area contributed by atoms with E-state index in [1.54, 1.807) is 0 Å². The number of anilines is 1. The predicted molar refractivity (Wildman–Crippen MR) is 62.9 cm³/mol. The van der Waals surface area contributed by atoms with Gasteiger partial charge in [-0.15, -0.1) is 0 Å². The van der Waals surface area contributed by atoms with Crippen LogP contribution in [0, 0.1) is 21.7 Å². The molecule has 0 aromatic heterocycles. The molecule has 0 radical (unpaired) electrons. The third-order valence-electron chi connectivity index (χ3n) is 3.67. The number of ether oxygens (including phenoxy) is 1. The van der Waals surface area contributed by atoms with E-state index in [1.165, 1.54) is 0 Å². The molecule has 1 aromatic rings. The lowest BCUT2D eigenvalue weighted by Gasteiger charge is -2.21. The third kappa shape index (κ3) is 2.14. The number of rotatable bonds is 3. The molecule has 7 heteroatoms. The molecule has 0 saturated carbocycles. The van der Waals surface area contributed by atoms with Crippen molar-refractivity contribution in [2.45, 2.75) is 37.5 Å². The second-order valence-electron chi connectivity index (χ2n) is 4.90. The van der Waals surface area contributed by atoms with E-state index in [-0.39, 0.29) is 23.9 Å². The molecular weight excluding hydrogens is 258 g/mol. The lowest BCUT2D eigenvalue weighted by molar-refractivity contribution is -0.385. The van der Waals surface area contributed by atoms with Crippen molar-refractivity contribution in [2.24, 2.45) is 0 Å². The number of benzene rings is 1. The molecule has 19 heavy (non-hydrogen) atoms. The summed E-state index contributed by atoms with van der Waals surface area (Å²) in [6.07, 6.45) is 2.69. The fraction of sp³-hybridized carbons (Fsp3) is 0.500. The molecule has 1 N–H and O–H groups in total. The zero-order valence-corrected chi connectivity index (χ0v) is 9.94. The minimum absolute atomic E-state index is 0.0287. The van der Waals surface area contributed by atoms with E-state index < -0.39 is 22.2 Å². The first kappa shape index (κ1) is 12.3. The summed E-state index contributed by atoms with van der Waals surface area (Å²) in [6.45, 7) is 0. The second kappa shape index (κ2) is 4.41. The van der Waals surface area contributed by atoms with Gasteiger partial charge >= 0.3 is 0 Å². The highest BCUT2D eigenvalue weighted by Gasteiger charge is 2.41. The number of hydrogen-bond acceptors (Lipinski definition) is 4. The van der Waals surface area contributed by atoms with E-state index in [2.05, 4.69) is 5.32 Å². The largest absolute Gasteiger partial charge is 0.375 e. The lowest BCUT2D eigenvalue weighted by Crippen LogP contribution is -2.31. The summed E-state index contributed by atoms with van der Waals surface area (Å²) >= 11 is 0. The zero-order valence-electron chi connectivity index (χ0n) is 9.94. The van der Waals surface area contributed by atoms with Crippen LogP contribution >= 0.6 is 0 Å². The van der Waals surface area contributed by atoms with Crippen LogP contribution in [0.3, 0.4) is 0 Å². The maximum Gasteiger partial charge on any atom is 0.275 e. The Morgan fingerprint density at radius 3 is 2.47 bits per heavy atom. The van der Waals surface area contributed by atoms with Crippen molar-refractivity contribution in [3.63, 3.8) is 0 Å². The molecule has 2 bridgehead atoms. The standard InChI is InChI=1S/C12H12F2N2O3/c13-8-3-6(16(17)18)4-9(14)12(8)15-10-5-7-1-2-11(10)19-7/h3-4,7,10-11,15H,1-2,5H2/t7-,10-,11+/m1/s1. The normalized spacial score (nSPS) is 28.6. The average Bonchev–Trinajstić information content (AvgIpc) is 2.95. The number of nitro benzene ring substituents is 1.